The number of nitrogens with zero attached hydrogens (tertiary/aromatic N) is 2. The number of amides is 1. The van der Waals surface area contributed by atoms with Gasteiger partial charge in [-0.3, -0.25) is 9.78 Å². The number of carbonyl (C=O) groups is 1. The predicted molar refractivity (Wildman–Crippen MR) is 83.0 cm³/mol. The smallest absolute Gasteiger partial charge is 0.219 e. The molecule has 0 saturated heterocycles. The Hall–Kier alpha value is -1.38. The quantitative estimate of drug-likeness (QED) is 0.806. The molecule has 0 N–H and O–H groups in total. The van der Waals surface area contributed by atoms with E-state index < -0.39 is 0 Å². The molecule has 0 radical (unpaired) electrons. The lowest BCUT2D eigenvalue weighted by atomic mass is 10.0. The summed E-state index contributed by atoms with van der Waals surface area (Å²) in [7, 11) is 0. The van der Waals surface area contributed by atoms with Gasteiger partial charge in [0.05, 0.1) is 6.04 Å². The van der Waals surface area contributed by atoms with Gasteiger partial charge in [0.1, 0.15) is 0 Å². The third-order valence-corrected chi connectivity index (χ3v) is 2.58. The lowest BCUT2D eigenvalue weighted by molar-refractivity contribution is -0.131. The van der Waals surface area contributed by atoms with Crippen LogP contribution in [0.3, 0.4) is 0 Å². The van der Waals surface area contributed by atoms with Gasteiger partial charge >= 0.3 is 0 Å². The van der Waals surface area contributed by atoms with Crippen LogP contribution in [0.4, 0.5) is 0 Å². The molecule has 110 valence electrons. The maximum atomic E-state index is 11.5. The molecule has 0 aliphatic carbocycles. The molecule has 1 amide bonds. The van der Waals surface area contributed by atoms with Crippen LogP contribution >= 0.6 is 0 Å². The second kappa shape index (κ2) is 13.1. The van der Waals surface area contributed by atoms with E-state index in [-0.39, 0.29) is 11.9 Å². The number of carbonyl (C=O) groups excluding carboxylic acids is 1. The molecular formula is C16H30N2O. The van der Waals surface area contributed by atoms with Crippen LogP contribution in [0.15, 0.2) is 24.5 Å². The average molecular weight is 266 g/mol. The summed E-state index contributed by atoms with van der Waals surface area (Å²) in [4.78, 5) is 17.4. The Balaban J connectivity index is 0. The zero-order valence-corrected chi connectivity index (χ0v) is 13.6. The molecule has 19 heavy (non-hydrogen) atoms. The second-order valence-corrected chi connectivity index (χ2v) is 3.52. The number of hydrogen-bond acceptors (Lipinski definition) is 2. The van der Waals surface area contributed by atoms with Crippen molar-refractivity contribution in [2.75, 3.05) is 6.54 Å². The number of hydrogen-bond donors (Lipinski definition) is 0. The highest BCUT2D eigenvalue weighted by atomic mass is 16.2. The van der Waals surface area contributed by atoms with Gasteiger partial charge in [-0.15, -0.1) is 0 Å². The first-order valence-electron chi connectivity index (χ1n) is 7.37. The summed E-state index contributed by atoms with van der Waals surface area (Å²) in [6.45, 7) is 14.4. The summed E-state index contributed by atoms with van der Waals surface area (Å²) in [5.74, 6) is 0.119. The second-order valence-electron chi connectivity index (χ2n) is 3.52. The van der Waals surface area contributed by atoms with E-state index in [2.05, 4.69) is 11.9 Å². The molecule has 1 aromatic rings. The Morgan fingerprint density at radius 3 is 2.16 bits per heavy atom. The van der Waals surface area contributed by atoms with Crippen molar-refractivity contribution < 1.29 is 4.79 Å². The van der Waals surface area contributed by atoms with Crippen molar-refractivity contribution >= 4 is 5.91 Å². The van der Waals surface area contributed by atoms with Crippen molar-refractivity contribution in [3.05, 3.63) is 30.1 Å². The van der Waals surface area contributed by atoms with Crippen LogP contribution in [-0.4, -0.2) is 22.3 Å². The molecule has 3 heteroatoms. The topological polar surface area (TPSA) is 33.2 Å². The normalized spacial score (nSPS) is 10.3. The highest BCUT2D eigenvalue weighted by molar-refractivity contribution is 5.73. The van der Waals surface area contributed by atoms with Crippen LogP contribution in [0.1, 0.15) is 66.5 Å². The molecule has 0 saturated carbocycles. The highest BCUT2D eigenvalue weighted by Gasteiger charge is 2.19. The monoisotopic (exact) mass is 266 g/mol. The molecule has 0 aliphatic heterocycles. The van der Waals surface area contributed by atoms with Crippen molar-refractivity contribution in [1.82, 2.24) is 9.88 Å². The van der Waals surface area contributed by atoms with E-state index in [0.717, 1.165) is 18.5 Å². The molecular weight excluding hydrogens is 236 g/mol. The van der Waals surface area contributed by atoms with Gasteiger partial charge in [0, 0.05) is 25.9 Å². The van der Waals surface area contributed by atoms with Gasteiger partial charge in [-0.05, 0) is 25.0 Å². The average Bonchev–Trinajstić information content (AvgIpc) is 2.49. The first-order valence-corrected chi connectivity index (χ1v) is 7.37. The Kier molecular flexibility index (Phi) is 13.7. The molecule has 0 fully saturated rings. The Morgan fingerprint density at radius 1 is 1.26 bits per heavy atom. The summed E-state index contributed by atoms with van der Waals surface area (Å²) in [6, 6.07) is 4.08. The van der Waals surface area contributed by atoms with E-state index in [1.165, 1.54) is 0 Å². The zero-order chi connectivity index (χ0) is 15.3. The maximum absolute atomic E-state index is 11.5. The minimum absolute atomic E-state index is 0.119. The molecule has 0 bridgehead atoms. The maximum Gasteiger partial charge on any atom is 0.219 e. The van der Waals surface area contributed by atoms with Gasteiger partial charge in [0.15, 0.2) is 0 Å². The zero-order valence-electron chi connectivity index (χ0n) is 13.6. The summed E-state index contributed by atoms with van der Waals surface area (Å²) < 4.78 is 0. The molecule has 0 aromatic carbocycles. The van der Waals surface area contributed by atoms with Gasteiger partial charge in [-0.1, -0.05) is 40.7 Å². The minimum atomic E-state index is 0.119. The van der Waals surface area contributed by atoms with Crippen molar-refractivity contribution in [3.63, 3.8) is 0 Å². The van der Waals surface area contributed by atoms with E-state index in [1.54, 1.807) is 13.1 Å². The SMILES string of the molecule is CC.CC.CCC(c1cccnc1)N(CC)C(C)=O. The molecule has 1 rings (SSSR count). The standard InChI is InChI=1S/C12H18N2O.2C2H6/c1-4-12(14(5-2)10(3)15)11-7-6-8-13-9-11;2*1-2/h6-9,12H,4-5H2,1-3H3;2*1-2H3. The Labute approximate surface area is 119 Å². The highest BCUT2D eigenvalue weighted by Crippen LogP contribution is 2.22. The molecule has 1 atom stereocenters. The van der Waals surface area contributed by atoms with Crippen molar-refractivity contribution in [3.8, 4) is 0 Å². The molecule has 1 unspecified atom stereocenters. The van der Waals surface area contributed by atoms with Crippen LogP contribution in [0, 0.1) is 0 Å². The minimum Gasteiger partial charge on any atom is -0.336 e. The van der Waals surface area contributed by atoms with E-state index in [0.29, 0.717) is 0 Å². The largest absolute Gasteiger partial charge is 0.336 e. The van der Waals surface area contributed by atoms with E-state index in [9.17, 15) is 4.79 Å². The summed E-state index contributed by atoms with van der Waals surface area (Å²) in [5, 5.41) is 0. The number of aromatic nitrogens is 1. The van der Waals surface area contributed by atoms with Crippen molar-refractivity contribution in [2.45, 2.75) is 60.9 Å². The Bertz CT molecular complexity index is 312. The Morgan fingerprint density at radius 2 is 1.84 bits per heavy atom. The number of pyridine rings is 1. The van der Waals surface area contributed by atoms with Gasteiger partial charge < -0.3 is 4.90 Å². The van der Waals surface area contributed by atoms with E-state index >= 15 is 0 Å². The van der Waals surface area contributed by atoms with Crippen LogP contribution in [0.2, 0.25) is 0 Å². The van der Waals surface area contributed by atoms with Crippen molar-refractivity contribution in [2.24, 2.45) is 0 Å². The third kappa shape index (κ3) is 6.94. The fourth-order valence-corrected chi connectivity index (χ4v) is 1.87. The van der Waals surface area contributed by atoms with Crippen LogP contribution in [0.25, 0.3) is 0 Å². The first kappa shape index (κ1) is 19.9. The van der Waals surface area contributed by atoms with Crippen LogP contribution in [-0.2, 0) is 4.79 Å². The summed E-state index contributed by atoms with van der Waals surface area (Å²) >= 11 is 0. The fraction of sp³-hybridized carbons (Fsp3) is 0.625. The van der Waals surface area contributed by atoms with Gasteiger partial charge in [0.2, 0.25) is 5.91 Å². The van der Waals surface area contributed by atoms with Crippen molar-refractivity contribution in [1.29, 1.82) is 0 Å². The van der Waals surface area contributed by atoms with E-state index in [4.69, 9.17) is 0 Å². The lowest BCUT2D eigenvalue weighted by Crippen LogP contribution is -2.32. The first-order chi connectivity index (χ1) is 9.20. The molecule has 3 nitrogen and oxygen atoms in total. The predicted octanol–water partition coefficient (Wildman–Crippen LogP) is 4.45. The van der Waals surface area contributed by atoms with Gasteiger partial charge in [-0.25, -0.2) is 0 Å². The summed E-state index contributed by atoms with van der Waals surface area (Å²) in [6.07, 6.45) is 4.50. The molecule has 1 heterocycles. The van der Waals surface area contributed by atoms with Crippen LogP contribution in [0.5, 0.6) is 0 Å². The lowest BCUT2D eigenvalue weighted by Gasteiger charge is -2.29. The van der Waals surface area contributed by atoms with Crippen LogP contribution < -0.4 is 0 Å². The fourth-order valence-electron chi connectivity index (χ4n) is 1.87. The van der Waals surface area contributed by atoms with E-state index in [1.807, 2.05) is 57.8 Å². The summed E-state index contributed by atoms with van der Waals surface area (Å²) in [5.41, 5.74) is 1.11. The molecule has 0 spiro atoms. The third-order valence-electron chi connectivity index (χ3n) is 2.58. The molecule has 0 aliphatic rings. The van der Waals surface area contributed by atoms with Gasteiger partial charge in [-0.2, -0.15) is 0 Å². The number of rotatable bonds is 4. The van der Waals surface area contributed by atoms with Gasteiger partial charge in [0.25, 0.3) is 0 Å². The molecule has 1 aromatic heterocycles.